The molecule has 0 radical (unpaired) electrons. The van der Waals surface area contributed by atoms with Crippen LogP contribution in [0.15, 0.2) is 35.5 Å². The zero-order valence-corrected chi connectivity index (χ0v) is 36.3. The summed E-state index contributed by atoms with van der Waals surface area (Å²) in [6.45, 7) is 9.12. The lowest BCUT2D eigenvalue weighted by molar-refractivity contribution is -0.302. The highest BCUT2D eigenvalue weighted by Gasteiger charge is 2.56. The van der Waals surface area contributed by atoms with Gasteiger partial charge in [-0.2, -0.15) is 0 Å². The van der Waals surface area contributed by atoms with Gasteiger partial charge in [-0.15, -0.1) is 0 Å². The fourth-order valence-electron chi connectivity index (χ4n) is 9.34. The summed E-state index contributed by atoms with van der Waals surface area (Å²) in [6, 6.07) is -1.16. The summed E-state index contributed by atoms with van der Waals surface area (Å²) >= 11 is 0. The highest BCUT2D eigenvalue weighted by atomic mass is 16.7. The number of piperidine rings is 1. The van der Waals surface area contributed by atoms with E-state index in [1.54, 1.807) is 19.9 Å². The second-order valence-corrected chi connectivity index (χ2v) is 17.6. The number of esters is 2. The Labute approximate surface area is 349 Å². The second kappa shape index (κ2) is 22.0. The molecule has 2 saturated heterocycles. The number of carbonyl (C=O) groups is 5. The first kappa shape index (κ1) is 48.4. The van der Waals surface area contributed by atoms with Crippen molar-refractivity contribution in [2.75, 3.05) is 27.9 Å². The topological polar surface area (TPSA) is 195 Å². The molecule has 0 aromatic carbocycles. The van der Waals surface area contributed by atoms with Crippen LogP contribution in [0, 0.1) is 29.6 Å². The van der Waals surface area contributed by atoms with Gasteiger partial charge in [-0.05, 0) is 102 Å². The predicted molar refractivity (Wildman–Crippen MR) is 217 cm³/mol. The van der Waals surface area contributed by atoms with E-state index in [2.05, 4.69) is 0 Å². The summed E-state index contributed by atoms with van der Waals surface area (Å²) in [4.78, 5) is 69.9. The fraction of sp³-hybridized carbons (Fsp3) is 0.756. The average molecular weight is 832 g/mol. The number of amides is 1. The molecule has 0 spiro atoms. The van der Waals surface area contributed by atoms with Crippen molar-refractivity contribution in [2.24, 2.45) is 29.6 Å². The van der Waals surface area contributed by atoms with E-state index in [0.717, 1.165) is 18.4 Å². The molecule has 4 rings (SSSR count). The van der Waals surface area contributed by atoms with Gasteiger partial charge in [0, 0.05) is 51.0 Å². The van der Waals surface area contributed by atoms with Gasteiger partial charge < -0.3 is 43.9 Å². The van der Waals surface area contributed by atoms with Crippen LogP contribution in [-0.4, -0.2) is 126 Å². The fourth-order valence-corrected chi connectivity index (χ4v) is 9.34. The largest absolute Gasteiger partial charge is 0.466 e. The van der Waals surface area contributed by atoms with Crippen molar-refractivity contribution in [2.45, 2.75) is 160 Å². The zero-order valence-electron chi connectivity index (χ0n) is 36.3. The number of cyclic esters (lactones) is 1. The monoisotopic (exact) mass is 831 g/mol. The van der Waals surface area contributed by atoms with Crippen molar-refractivity contribution in [3.63, 3.8) is 0 Å². The Morgan fingerprint density at radius 2 is 1.61 bits per heavy atom. The molecule has 3 fully saturated rings. The first-order chi connectivity index (χ1) is 27.9. The van der Waals surface area contributed by atoms with Crippen LogP contribution in [0.25, 0.3) is 0 Å². The number of fused-ring (bicyclic) bond motifs is 3. The molecule has 3 heterocycles. The molecule has 3 N–H and O–H groups in total. The quantitative estimate of drug-likeness (QED) is 0.140. The van der Waals surface area contributed by atoms with Gasteiger partial charge in [0.15, 0.2) is 0 Å². The summed E-state index contributed by atoms with van der Waals surface area (Å²) in [5, 5.41) is 33.9. The molecule has 0 aromatic heterocycles. The number of hydrogen-bond donors (Lipinski definition) is 3. The molecule has 1 aliphatic carbocycles. The smallest absolute Gasteiger partial charge is 0.330 e. The van der Waals surface area contributed by atoms with E-state index in [4.69, 9.17) is 23.7 Å². The molecule has 1 saturated carbocycles. The van der Waals surface area contributed by atoms with E-state index < -0.39 is 83.7 Å². The minimum atomic E-state index is -2.53. The van der Waals surface area contributed by atoms with Gasteiger partial charge in [0.25, 0.3) is 11.7 Å². The second-order valence-electron chi connectivity index (χ2n) is 17.6. The summed E-state index contributed by atoms with van der Waals surface area (Å²) in [5.74, 6) is -8.65. The van der Waals surface area contributed by atoms with Crippen molar-refractivity contribution in [3.05, 3.63) is 35.5 Å². The third kappa shape index (κ3) is 12.4. The van der Waals surface area contributed by atoms with E-state index in [1.165, 1.54) is 32.3 Å². The third-order valence-corrected chi connectivity index (χ3v) is 12.9. The van der Waals surface area contributed by atoms with Gasteiger partial charge in [0.2, 0.25) is 5.79 Å². The van der Waals surface area contributed by atoms with Gasteiger partial charge in [0.1, 0.15) is 24.0 Å². The first-order valence-corrected chi connectivity index (χ1v) is 21.4. The van der Waals surface area contributed by atoms with Gasteiger partial charge in [-0.25, -0.2) is 9.59 Å². The van der Waals surface area contributed by atoms with Crippen LogP contribution in [0.1, 0.15) is 112 Å². The lowest BCUT2D eigenvalue weighted by Crippen LogP contribution is -2.64. The zero-order chi connectivity index (χ0) is 43.6. The molecule has 3 aliphatic heterocycles. The van der Waals surface area contributed by atoms with Crippen LogP contribution < -0.4 is 0 Å². The molecular formula is C45H69NO13. The number of ether oxygens (including phenoxy) is 5. The number of rotatable bonds is 7. The predicted octanol–water partition coefficient (Wildman–Crippen LogP) is 4.56. The Kier molecular flexibility index (Phi) is 18.1. The number of carbonyl (C=O) groups excluding carboxylic acids is 5. The Morgan fingerprint density at radius 1 is 0.949 bits per heavy atom. The minimum Gasteiger partial charge on any atom is -0.466 e. The molecule has 332 valence electrons. The SMILES string of the molecule is COC(=O)/C=C/C[C@@H]1/C=C(\C)C[C@H](C)C[C@H](OC)[C@H]2O[C@@](O)(C(=O)C(=O)N3CCCC[C@H]3C(=O)O[C@H](/C(C)=C/C3CCC(O)CC3)[C@H](C)[C@@H](O)CC1=O)[C@H](C)C[C@@H]2OC. The number of Topliss-reactive ketones (excluding diaryl/α,β-unsaturated/α-hetero) is 2. The van der Waals surface area contributed by atoms with Crippen LogP contribution in [0.4, 0.5) is 0 Å². The third-order valence-electron chi connectivity index (χ3n) is 12.9. The van der Waals surface area contributed by atoms with Gasteiger partial charge >= 0.3 is 11.9 Å². The van der Waals surface area contributed by atoms with Crippen molar-refractivity contribution < 1.29 is 63.0 Å². The maximum atomic E-state index is 14.3. The van der Waals surface area contributed by atoms with Crippen LogP contribution in [-0.2, 0) is 47.7 Å². The van der Waals surface area contributed by atoms with E-state index in [1.807, 2.05) is 32.9 Å². The Bertz CT molecular complexity index is 1570. The Morgan fingerprint density at radius 3 is 2.25 bits per heavy atom. The molecule has 14 heteroatoms. The van der Waals surface area contributed by atoms with Crippen molar-refractivity contribution >= 4 is 29.4 Å². The van der Waals surface area contributed by atoms with Crippen molar-refractivity contribution in [1.82, 2.24) is 4.90 Å². The van der Waals surface area contributed by atoms with Crippen LogP contribution in [0.3, 0.4) is 0 Å². The molecule has 11 atom stereocenters. The van der Waals surface area contributed by atoms with Crippen molar-refractivity contribution in [1.29, 1.82) is 0 Å². The van der Waals surface area contributed by atoms with Crippen LogP contribution in [0.5, 0.6) is 0 Å². The molecule has 0 aromatic rings. The van der Waals surface area contributed by atoms with E-state index in [9.17, 15) is 39.3 Å². The molecule has 59 heavy (non-hydrogen) atoms. The number of allylic oxidation sites excluding steroid dienone is 4. The maximum absolute atomic E-state index is 14.3. The molecule has 1 amide bonds. The number of methoxy groups -OCH3 is 3. The summed E-state index contributed by atoms with van der Waals surface area (Å²) in [6.07, 6.45) is 6.94. The minimum absolute atomic E-state index is 0.0524. The molecule has 0 unspecified atom stereocenters. The van der Waals surface area contributed by atoms with Crippen LogP contribution in [0.2, 0.25) is 0 Å². The Hall–Kier alpha value is -3.27. The maximum Gasteiger partial charge on any atom is 0.330 e. The van der Waals surface area contributed by atoms with E-state index in [-0.39, 0.29) is 56.0 Å². The van der Waals surface area contributed by atoms with Gasteiger partial charge in [-0.3, -0.25) is 14.4 Å². The van der Waals surface area contributed by atoms with E-state index >= 15 is 0 Å². The number of aliphatic hydroxyl groups excluding tert-OH is 2. The van der Waals surface area contributed by atoms with Gasteiger partial charge in [-0.1, -0.05) is 44.6 Å². The number of hydrogen-bond acceptors (Lipinski definition) is 13. The molecule has 4 aliphatic rings. The highest BCUT2D eigenvalue weighted by molar-refractivity contribution is 6.39. The lowest BCUT2D eigenvalue weighted by Gasteiger charge is -2.47. The Balaban J connectivity index is 1.79. The normalized spacial score (nSPS) is 38.8. The van der Waals surface area contributed by atoms with E-state index in [0.29, 0.717) is 44.1 Å². The summed E-state index contributed by atoms with van der Waals surface area (Å²) in [5.41, 5.74) is 1.54. The number of aliphatic hydroxyl groups is 3. The standard InChI is InChI=1S/C45H69NO13/c1-26-20-27(2)22-37(55-6)41-38(56-7)24-29(4)45(54,59-41)42(51)43(52)46-19-10-9-13-34(46)44(53)58-40(28(3)23-31-15-17-33(47)18-16-31)30(5)35(48)25-36(49)32(21-26)12-11-14-39(50)57-8/h11,14,21,23,27,29-35,37-38,40-41,47-48,54H,9-10,12-13,15-20,22,24-25H2,1-8H3/b14-11+,26-21+,28-23+/t27-,29+,30+,31?,32+,33?,34-,35-,37-,38-,40+,41+,45+/m0/s1. The highest BCUT2D eigenvalue weighted by Crippen LogP contribution is 2.39. The van der Waals surface area contributed by atoms with Crippen LogP contribution >= 0.6 is 0 Å². The average Bonchev–Trinajstić information content (AvgIpc) is 3.21. The molecular weight excluding hydrogens is 762 g/mol. The molecule has 14 nitrogen and oxygen atoms in total. The lowest BCUT2D eigenvalue weighted by atomic mass is 9.82. The number of nitrogens with zero attached hydrogens (tertiary/aromatic N) is 1. The number of ketones is 2. The summed E-state index contributed by atoms with van der Waals surface area (Å²) in [7, 11) is 4.28. The summed E-state index contributed by atoms with van der Waals surface area (Å²) < 4.78 is 29.0. The first-order valence-electron chi connectivity index (χ1n) is 21.4. The van der Waals surface area contributed by atoms with Crippen molar-refractivity contribution in [3.8, 4) is 0 Å². The van der Waals surface area contributed by atoms with Gasteiger partial charge in [0.05, 0.1) is 31.5 Å². The molecule has 2 bridgehead atoms.